The average Bonchev–Trinajstić information content (AvgIpc) is 3.51. The minimum absolute atomic E-state index is 0.575. The van der Waals surface area contributed by atoms with Crippen molar-refractivity contribution < 1.29 is 0 Å². The Labute approximate surface area is 324 Å². The molecule has 0 bridgehead atoms. The van der Waals surface area contributed by atoms with Crippen LogP contribution in [0, 0.1) is 22.9 Å². The van der Waals surface area contributed by atoms with Gasteiger partial charge >= 0.3 is 0 Å². The lowest BCUT2D eigenvalue weighted by molar-refractivity contribution is 0.838. The summed E-state index contributed by atoms with van der Waals surface area (Å²) < 4.78 is 3.07. The number of fused-ring (bicyclic) bond motifs is 4. The van der Waals surface area contributed by atoms with Crippen molar-refractivity contribution in [2.75, 3.05) is 0 Å². The van der Waals surface area contributed by atoms with Gasteiger partial charge in [0.15, 0.2) is 0 Å². The van der Waals surface area contributed by atoms with Crippen LogP contribution in [0.3, 0.4) is 0 Å². The maximum atomic E-state index is 4.18. The number of benzene rings is 4. The van der Waals surface area contributed by atoms with Crippen molar-refractivity contribution >= 4 is 82.5 Å². The number of hydrogen-bond donors (Lipinski definition) is 0. The highest BCUT2D eigenvalue weighted by Crippen LogP contribution is 2.44. The van der Waals surface area contributed by atoms with Gasteiger partial charge < -0.3 is 0 Å². The lowest BCUT2D eigenvalue weighted by Gasteiger charge is -2.38. The highest BCUT2D eigenvalue weighted by Gasteiger charge is 2.43. The van der Waals surface area contributed by atoms with Gasteiger partial charge in [-0.3, -0.25) is 0 Å². The van der Waals surface area contributed by atoms with Gasteiger partial charge in [0.05, 0.1) is 8.07 Å². The summed E-state index contributed by atoms with van der Waals surface area (Å²) in [6.07, 6.45) is 0. The first-order valence-electron chi connectivity index (χ1n) is 20.5. The Morgan fingerprint density at radius 3 is 1.17 bits per heavy atom. The van der Waals surface area contributed by atoms with Gasteiger partial charge in [-0.2, -0.15) is 0 Å². The predicted octanol–water partition coefficient (Wildman–Crippen LogP) is 15.2. The van der Waals surface area contributed by atoms with Crippen LogP contribution in [-0.2, 0) is 0 Å². The van der Waals surface area contributed by atoms with Gasteiger partial charge in [-0.05, 0) is 100 Å². The van der Waals surface area contributed by atoms with Crippen LogP contribution in [0.5, 0.6) is 0 Å². The molecule has 0 spiro atoms. The Morgan fingerprint density at radius 1 is 0.481 bits per heavy atom. The third-order valence-corrected chi connectivity index (χ3v) is 34.1. The number of hydrogen-bond acceptors (Lipinski definition) is 1. The third-order valence-electron chi connectivity index (χ3n) is 13.7. The normalized spacial score (nSPS) is 13.1. The molecule has 0 N–H and O–H groups in total. The monoisotopic (exact) mass is 758 g/mol. The maximum Gasteiger partial charge on any atom is 0.146 e. The van der Waals surface area contributed by atoms with Gasteiger partial charge in [0.2, 0.25) is 0 Å². The molecule has 0 fully saturated rings. The van der Waals surface area contributed by atoms with Crippen LogP contribution in [0.2, 0.25) is 51.4 Å². The Morgan fingerprint density at radius 2 is 0.827 bits per heavy atom. The first-order valence-corrected chi connectivity index (χ1v) is 28.4. The van der Waals surface area contributed by atoms with Crippen LogP contribution in [0.1, 0.15) is 115 Å². The van der Waals surface area contributed by atoms with Gasteiger partial charge in [0, 0.05) is 21.2 Å². The van der Waals surface area contributed by atoms with Gasteiger partial charge in [0.25, 0.3) is 0 Å². The molecule has 0 unspecified atom stereocenters. The van der Waals surface area contributed by atoms with E-state index in [9.17, 15) is 0 Å². The van der Waals surface area contributed by atoms with Crippen molar-refractivity contribution in [2.24, 2.45) is 0 Å². The smallest absolute Gasteiger partial charge is 0.145 e. The van der Waals surface area contributed by atoms with Crippen molar-refractivity contribution in [1.29, 1.82) is 0 Å². The molecule has 1 aromatic heterocycles. The largest absolute Gasteiger partial charge is 0.146 e. The lowest BCUT2D eigenvalue weighted by atomic mass is 9.90. The molecular formula is C48H66SSi3. The molecule has 0 saturated carbocycles. The molecule has 0 amide bonds. The topological polar surface area (TPSA) is 0 Å². The van der Waals surface area contributed by atoms with Gasteiger partial charge in [-0.1, -0.05) is 158 Å². The molecule has 0 aliphatic carbocycles. The van der Waals surface area contributed by atoms with Crippen molar-refractivity contribution in [3.8, 4) is 22.9 Å². The molecular weight excluding hydrogens is 693 g/mol. The van der Waals surface area contributed by atoms with Crippen LogP contribution in [0.4, 0.5) is 0 Å². The molecule has 5 aromatic rings. The summed E-state index contributed by atoms with van der Waals surface area (Å²) in [5, 5.41) is 9.05. The van der Waals surface area contributed by atoms with E-state index in [-0.39, 0.29) is 0 Å². The quantitative estimate of drug-likeness (QED) is 0.0756. The second-order valence-electron chi connectivity index (χ2n) is 17.7. The van der Waals surface area contributed by atoms with Crippen LogP contribution in [0.15, 0.2) is 54.6 Å². The number of thiophene rings is 1. The van der Waals surface area contributed by atoms with Gasteiger partial charge in [0.1, 0.15) is 16.1 Å². The highest BCUT2D eigenvalue weighted by molar-refractivity contribution is 7.31. The van der Waals surface area contributed by atoms with E-state index < -0.39 is 24.2 Å². The average molecular weight is 759 g/mol. The molecule has 0 aliphatic heterocycles. The lowest BCUT2D eigenvalue weighted by Crippen LogP contribution is -2.43. The van der Waals surface area contributed by atoms with E-state index in [4.69, 9.17) is 0 Å². The standard InChI is InChI=1S/C48H66SSi3/c1-16-50(17-2,18-3)48-30-40-29-45-41(23-25-51(32(4)5,33(6)7)34(8)9)43-27-38-21-19-20-22-39(38)28-44(43)42(46(45)31-47(40)49-48)24-26-52(35(10)11,36(12)13)37(14)15/h19-22,27-37H,16-18H2,1-15H3. The Kier molecular flexibility index (Phi) is 12.2. The second kappa shape index (κ2) is 15.6. The molecule has 0 nitrogen and oxygen atoms in total. The van der Waals surface area contributed by atoms with Crippen LogP contribution < -0.4 is 4.50 Å². The number of rotatable bonds is 10. The molecule has 0 saturated heterocycles. The van der Waals surface area contributed by atoms with E-state index in [1.807, 2.05) is 0 Å². The molecule has 0 aliphatic rings. The zero-order chi connectivity index (χ0) is 38.3. The van der Waals surface area contributed by atoms with Gasteiger partial charge in [-0.25, -0.2) is 0 Å². The minimum atomic E-state index is -2.00. The Balaban J connectivity index is 2.05. The van der Waals surface area contributed by atoms with Crippen molar-refractivity contribution in [3.05, 3.63) is 65.7 Å². The van der Waals surface area contributed by atoms with E-state index in [2.05, 4.69) is 193 Å². The van der Waals surface area contributed by atoms with E-state index in [1.165, 1.54) is 71.7 Å². The molecule has 52 heavy (non-hydrogen) atoms. The first kappa shape index (κ1) is 40.6. The molecule has 5 rings (SSSR count). The van der Waals surface area contributed by atoms with E-state index in [1.54, 1.807) is 4.50 Å². The molecule has 0 radical (unpaired) electrons. The van der Waals surface area contributed by atoms with E-state index >= 15 is 0 Å². The fourth-order valence-electron chi connectivity index (χ4n) is 10.5. The predicted molar refractivity (Wildman–Crippen MR) is 247 cm³/mol. The summed E-state index contributed by atoms with van der Waals surface area (Å²) in [6.45, 7) is 36.5. The summed E-state index contributed by atoms with van der Waals surface area (Å²) in [5.74, 6) is 8.11. The fourth-order valence-corrected chi connectivity index (χ4v) is 27.2. The summed E-state index contributed by atoms with van der Waals surface area (Å²) in [5.41, 5.74) is 14.2. The summed E-state index contributed by atoms with van der Waals surface area (Å²) in [7, 11) is -5.53. The molecule has 0 atom stereocenters. The summed E-state index contributed by atoms with van der Waals surface area (Å²) in [4.78, 5) is 0. The Bertz CT molecular complexity index is 2010. The SMILES string of the molecule is CC[Si](CC)(CC)c1cc2cc3c(C#C[Si](C(C)C)(C(C)C)C(C)C)c4cc5ccccc5cc4c(C#C[Si](C(C)C)(C(C)C)C(C)C)c3cc2s1. The van der Waals surface area contributed by atoms with Crippen LogP contribution >= 0.6 is 11.3 Å². The zero-order valence-electron chi connectivity index (χ0n) is 35.2. The van der Waals surface area contributed by atoms with Crippen molar-refractivity contribution in [1.82, 2.24) is 0 Å². The highest BCUT2D eigenvalue weighted by atomic mass is 32.1. The first-order chi connectivity index (χ1) is 24.5. The summed E-state index contributed by atoms with van der Waals surface area (Å²) in [6, 6.07) is 25.3. The molecule has 1 heterocycles. The van der Waals surface area contributed by atoms with Crippen molar-refractivity contribution in [3.63, 3.8) is 0 Å². The maximum absolute atomic E-state index is 4.18. The van der Waals surface area contributed by atoms with Gasteiger partial charge in [-0.15, -0.1) is 22.4 Å². The fraction of sp³-hybridized carbons (Fsp3) is 0.500. The van der Waals surface area contributed by atoms with Crippen LogP contribution in [0.25, 0.3) is 42.4 Å². The summed E-state index contributed by atoms with van der Waals surface area (Å²) >= 11 is 2.08. The van der Waals surface area contributed by atoms with Crippen molar-refractivity contribution in [2.45, 2.75) is 155 Å². The molecule has 276 valence electrons. The zero-order valence-corrected chi connectivity index (χ0v) is 39.0. The third kappa shape index (κ3) is 6.70. The second-order valence-corrected chi connectivity index (χ2v) is 35.5. The molecule has 4 heteroatoms. The van der Waals surface area contributed by atoms with E-state index in [0.29, 0.717) is 33.2 Å². The Hall–Kier alpha value is -2.61. The molecule has 4 aromatic carbocycles. The van der Waals surface area contributed by atoms with Crippen LogP contribution in [-0.4, -0.2) is 24.2 Å². The van der Waals surface area contributed by atoms with E-state index in [0.717, 1.165) is 0 Å². The minimum Gasteiger partial charge on any atom is -0.145 e.